The summed E-state index contributed by atoms with van der Waals surface area (Å²) in [6.45, 7) is 11.1. The van der Waals surface area contributed by atoms with Crippen LogP contribution in [0.15, 0.2) is 303 Å². The van der Waals surface area contributed by atoms with Gasteiger partial charge in [0.15, 0.2) is 28.9 Å². The number of pyridine rings is 1. The number of likely N-dealkylation sites (N-methyl/N-ethyl adjacent to an activating group) is 3. The van der Waals surface area contributed by atoms with Crippen LogP contribution in [0, 0.1) is 20.8 Å². The number of benzene rings is 9. The van der Waals surface area contributed by atoms with Crippen LogP contribution >= 0.6 is 0 Å². The maximum atomic E-state index is 13.8. The largest absolute Gasteiger partial charge is 0.573 e. The molecule has 7 heterocycles. The van der Waals surface area contributed by atoms with Gasteiger partial charge >= 0.3 is 18.7 Å². The number of hydrogen-bond donors (Lipinski definition) is 0. The van der Waals surface area contributed by atoms with Gasteiger partial charge in [0.2, 0.25) is 29.8 Å². The SMILES string of the molecule is COCCN(C)C1=NC2=C(c3ccccc3C(F)(F)F)C(=O)c3ccccc3C2=N1.COCCN(C)C1=NC2=C(c3ccccc3C)C(=O)c3ccccc3C2=N1.COc1ccc(C2=C3N=C(N(C)C)N=C3c3ccccc3C2=O)c(C(F)(F)F)c1.Cc1cc(OC(F)(F)F)ccc1C1=C2N=C(N3CCN(C)CC3)N=C2c2ccccc2C1=O.Cc1cnccc1C1=C2N=C(N(C)C)N=C2c2ccccc2C1=O. The third-order valence-electron chi connectivity index (χ3n) is 24.9. The molecule has 10 aromatic rings. The molecular weight excluding hydrogens is 1850 g/mol. The zero-order valence-corrected chi connectivity index (χ0v) is 79.7. The molecule has 5 aliphatic carbocycles. The average Bonchev–Trinajstić information content (AvgIpc) is 1.66. The van der Waals surface area contributed by atoms with Gasteiger partial charge in [-0.1, -0.05) is 170 Å². The number of allylic oxidation sites excluding steroid dienone is 10. The molecule has 0 bridgehead atoms. The number of aryl methyl sites for hydroxylation is 3. The summed E-state index contributed by atoms with van der Waals surface area (Å²) in [5.74, 6) is 0.864. The van der Waals surface area contributed by atoms with Crippen molar-refractivity contribution in [2.45, 2.75) is 39.5 Å². The second-order valence-electron chi connectivity index (χ2n) is 34.7. The summed E-state index contributed by atoms with van der Waals surface area (Å²) in [5.41, 5.74) is 14.8. The van der Waals surface area contributed by atoms with Crippen LogP contribution in [-0.4, -0.2) is 251 Å². The summed E-state index contributed by atoms with van der Waals surface area (Å²) in [5, 5.41) is 0. The van der Waals surface area contributed by atoms with E-state index in [1.807, 2.05) is 136 Å². The predicted molar refractivity (Wildman–Crippen MR) is 531 cm³/mol. The van der Waals surface area contributed by atoms with Crippen molar-refractivity contribution in [3.8, 4) is 11.5 Å². The zero-order valence-electron chi connectivity index (χ0n) is 79.7. The zero-order chi connectivity index (χ0) is 102. The van der Waals surface area contributed by atoms with E-state index in [1.165, 1.54) is 55.6 Å². The van der Waals surface area contributed by atoms with Crippen LogP contribution in [0.2, 0.25) is 0 Å². The number of nitrogens with zero attached hydrogens (tertiary/aromatic N) is 17. The van der Waals surface area contributed by atoms with Crippen LogP contribution in [0.5, 0.6) is 11.5 Å². The molecule has 6 aliphatic heterocycles. The Balaban J connectivity index is 0.000000123. The topological polar surface area (TPSA) is 278 Å². The van der Waals surface area contributed by atoms with E-state index in [4.69, 9.17) is 34.2 Å². The number of alkyl halides is 9. The molecule has 1 aromatic heterocycles. The van der Waals surface area contributed by atoms with Gasteiger partial charge in [0.1, 0.15) is 68.5 Å². The Kier molecular flexibility index (Phi) is 27.6. The number of piperazine rings is 1. The Hall–Kier alpha value is -16.3. The highest BCUT2D eigenvalue weighted by molar-refractivity contribution is 6.48. The first-order valence-corrected chi connectivity index (χ1v) is 45.2. The first-order valence-electron chi connectivity index (χ1n) is 45.2. The molecular formula is C108H92F9N17O9. The summed E-state index contributed by atoms with van der Waals surface area (Å²) in [6, 6.07) is 58.2. The molecule has 26 nitrogen and oxygen atoms in total. The minimum Gasteiger partial charge on any atom is -0.497 e. The van der Waals surface area contributed by atoms with Crippen molar-refractivity contribution in [3.05, 3.63) is 364 Å². The first-order chi connectivity index (χ1) is 68.4. The van der Waals surface area contributed by atoms with Crippen LogP contribution in [0.25, 0.3) is 27.9 Å². The lowest BCUT2D eigenvalue weighted by Gasteiger charge is -2.32. The predicted octanol–water partition coefficient (Wildman–Crippen LogP) is 18.1. The Morgan fingerprint density at radius 2 is 0.657 bits per heavy atom. The molecule has 1 saturated heterocycles. The highest BCUT2D eigenvalue weighted by Gasteiger charge is 2.46. The number of carbonyl (C=O) groups excluding carboxylic acids is 5. The standard InChI is InChI=1S/C24H21F3N4O2.C22H18F3N3O2.C22H21N3O2.C21H16F3N3O2.C19H16N4O/c1-14-13-15(33-24(25,26)27)7-8-16(14)19-21-20(17-5-3-4-6-18(17)22(19)32)28-23(29-21)31-11-9-30(2)10-12-31;1-28(11-12-30-2)21-26-18-13-7-3-4-8-14(13)20(29)17(19(18)27-21)15-9-5-6-10-16(15)22(23,24)25;1-14-8-4-5-9-15(14)18-20-19(16-10-6-7-11-17(16)21(18)26)23-22(24-20)25(2)12-13-27-3;1-27(2)20-25-17-12-6-4-5-7-13(12)19(28)16(18(17)26-20)14-9-8-11(29-3)10-15(14)21(22,23)24;1-11-10-20-9-8-12(11)15-17-16(21-19(22-17)23(2)3)13-6-4-5-7-14(13)18(15)24/h3-8,13H,9-12H2,1-2H3;3-10H,11-12H2,1-2H3;4-11H,12-13H2,1-3H3;4-10H,1-3H3;4-10H,1-3H3. The lowest BCUT2D eigenvalue weighted by atomic mass is 9.82. The fraction of sp³-hybridized carbons (Fsp3) is 0.222. The molecule has 0 amide bonds. The molecule has 11 aliphatic rings. The normalized spacial score (nSPS) is 16.3. The van der Waals surface area contributed by atoms with E-state index in [2.05, 4.69) is 56.5 Å². The van der Waals surface area contributed by atoms with E-state index in [0.29, 0.717) is 163 Å². The monoisotopic (exact) mass is 1940 g/mol. The van der Waals surface area contributed by atoms with Crippen molar-refractivity contribution in [2.24, 2.45) is 49.9 Å². The highest BCUT2D eigenvalue weighted by atomic mass is 19.4. The minimum atomic E-state index is -4.79. The molecule has 0 saturated carbocycles. The Morgan fingerprint density at radius 3 is 1.03 bits per heavy atom. The van der Waals surface area contributed by atoms with Gasteiger partial charge in [-0.3, -0.25) is 29.0 Å². The number of aromatic nitrogens is 1. The van der Waals surface area contributed by atoms with Gasteiger partial charge < -0.3 is 48.3 Å². The molecule has 0 unspecified atom stereocenters. The molecule has 0 atom stereocenters. The van der Waals surface area contributed by atoms with Gasteiger partial charge in [-0.2, -0.15) is 26.3 Å². The summed E-state index contributed by atoms with van der Waals surface area (Å²) in [4.78, 5) is 128. The summed E-state index contributed by atoms with van der Waals surface area (Å²) >= 11 is 0. The number of aliphatic imine (C=N–C) groups is 10. The van der Waals surface area contributed by atoms with Crippen molar-refractivity contribution in [1.29, 1.82) is 0 Å². The Labute approximate surface area is 816 Å². The quantitative estimate of drug-likeness (QED) is 0.0970. The van der Waals surface area contributed by atoms with Crippen molar-refractivity contribution in [3.63, 3.8) is 0 Å². The van der Waals surface area contributed by atoms with E-state index in [-0.39, 0.29) is 62.5 Å². The second-order valence-corrected chi connectivity index (χ2v) is 34.7. The van der Waals surface area contributed by atoms with Crippen LogP contribution in [-0.2, 0) is 21.8 Å². The summed E-state index contributed by atoms with van der Waals surface area (Å²) in [6.07, 6.45) is -10.6. The van der Waals surface area contributed by atoms with Gasteiger partial charge in [-0.05, 0) is 104 Å². The Morgan fingerprint density at radius 1 is 0.329 bits per heavy atom. The van der Waals surface area contributed by atoms with Gasteiger partial charge in [0.25, 0.3) is 0 Å². The maximum Gasteiger partial charge on any atom is 0.573 e. The number of hydrogen-bond acceptors (Lipinski definition) is 26. The number of Topliss-reactive ketones (excluding diaryl/α,β-unsaturated/α-hetero) is 5. The fourth-order valence-corrected chi connectivity index (χ4v) is 17.7. The molecule has 0 spiro atoms. The van der Waals surface area contributed by atoms with Crippen LogP contribution in [0.4, 0.5) is 39.5 Å². The molecule has 0 N–H and O–H groups in total. The number of ketones is 5. The number of carbonyl (C=O) groups is 5. The second kappa shape index (κ2) is 40.1. The van der Waals surface area contributed by atoms with E-state index in [9.17, 15) is 63.5 Å². The smallest absolute Gasteiger partial charge is 0.497 e. The lowest BCUT2D eigenvalue weighted by Crippen LogP contribution is -2.46. The highest BCUT2D eigenvalue weighted by Crippen LogP contribution is 2.48. The number of guanidine groups is 5. The van der Waals surface area contributed by atoms with Crippen LogP contribution < -0.4 is 9.47 Å². The third kappa shape index (κ3) is 19.4. The van der Waals surface area contributed by atoms with Crippen molar-refractivity contribution in [1.82, 2.24) is 34.4 Å². The van der Waals surface area contributed by atoms with Crippen LogP contribution in [0.1, 0.15) is 135 Å². The van der Waals surface area contributed by atoms with Gasteiger partial charge in [-0.15, -0.1) is 13.2 Å². The van der Waals surface area contributed by atoms with Gasteiger partial charge in [-0.25, -0.2) is 49.9 Å². The number of fused-ring (bicyclic) bond motifs is 15. The molecule has 9 aromatic carbocycles. The van der Waals surface area contributed by atoms with E-state index in [0.717, 1.165) is 83.1 Å². The van der Waals surface area contributed by atoms with E-state index in [1.54, 1.807) is 125 Å². The number of ether oxygens (including phenoxy) is 4. The molecule has 143 heavy (non-hydrogen) atoms. The number of rotatable bonds is 13. The molecule has 21 rings (SSSR count). The fourth-order valence-electron chi connectivity index (χ4n) is 17.7. The lowest BCUT2D eigenvalue weighted by molar-refractivity contribution is -0.274. The maximum absolute atomic E-state index is 13.8. The number of methoxy groups -OCH3 is 3. The molecule has 35 heteroatoms. The van der Waals surface area contributed by atoms with Gasteiger partial charge in [0.05, 0.1) is 59.3 Å². The number of halogens is 9. The third-order valence-corrected chi connectivity index (χ3v) is 24.9. The van der Waals surface area contributed by atoms with E-state index < -0.39 is 41.4 Å². The van der Waals surface area contributed by atoms with Crippen molar-refractivity contribution >= 4 is 115 Å². The average molecular weight is 1940 g/mol. The van der Waals surface area contributed by atoms with Gasteiger partial charge in [0, 0.05) is 175 Å². The van der Waals surface area contributed by atoms with E-state index >= 15 is 0 Å². The Bertz CT molecular complexity index is 7500. The minimum absolute atomic E-state index is 0.00149. The summed E-state index contributed by atoms with van der Waals surface area (Å²) in [7, 11) is 17.5. The molecule has 726 valence electrons. The summed E-state index contributed by atoms with van der Waals surface area (Å²) < 4.78 is 140. The van der Waals surface area contributed by atoms with Crippen molar-refractivity contribution in [2.75, 3.05) is 123 Å². The van der Waals surface area contributed by atoms with Crippen molar-refractivity contribution < 1.29 is 82.4 Å². The molecule has 0 radical (unpaired) electrons. The molecule has 1 fully saturated rings. The van der Waals surface area contributed by atoms with Crippen LogP contribution in [0.3, 0.4) is 0 Å². The first kappa shape index (κ1) is 98.3.